The molecule has 0 aliphatic carbocycles. The number of hydrogen-bond donors (Lipinski definition) is 4. The fourth-order valence-electron chi connectivity index (χ4n) is 4.36. The second-order valence-electron chi connectivity index (χ2n) is 9.40. The Kier molecular flexibility index (Phi) is 8.53. The van der Waals surface area contributed by atoms with Gasteiger partial charge in [-0.15, -0.1) is 10.2 Å². The molecule has 4 aromatic rings. The van der Waals surface area contributed by atoms with Gasteiger partial charge in [-0.2, -0.15) is 17.8 Å². The molecule has 1 atom stereocenters. The zero-order chi connectivity index (χ0) is 25.5. The Balaban J connectivity index is 1.53. The second-order valence-corrected chi connectivity index (χ2v) is 9.76. The van der Waals surface area contributed by atoms with Crippen LogP contribution in [-0.2, 0) is 12.8 Å². The van der Waals surface area contributed by atoms with Gasteiger partial charge >= 0.3 is 0 Å². The molecular formula is C27H33N7OS. The van der Waals surface area contributed by atoms with Crippen molar-refractivity contribution in [1.82, 2.24) is 35.9 Å². The number of rotatable bonds is 11. The van der Waals surface area contributed by atoms with Gasteiger partial charge in [0.2, 0.25) is 5.82 Å². The molecule has 1 unspecified atom stereocenters. The Morgan fingerprint density at radius 3 is 2.47 bits per heavy atom. The summed E-state index contributed by atoms with van der Waals surface area (Å²) in [5.41, 5.74) is 6.09. The second kappa shape index (κ2) is 12.0. The van der Waals surface area contributed by atoms with E-state index in [9.17, 15) is 4.79 Å². The van der Waals surface area contributed by atoms with Gasteiger partial charge in [0.1, 0.15) is 0 Å². The van der Waals surface area contributed by atoms with Crippen LogP contribution in [0.3, 0.4) is 0 Å². The highest BCUT2D eigenvalue weighted by Gasteiger charge is 2.19. The van der Waals surface area contributed by atoms with Crippen LogP contribution in [0.4, 0.5) is 0 Å². The van der Waals surface area contributed by atoms with Crippen molar-refractivity contribution in [3.8, 4) is 22.5 Å². The summed E-state index contributed by atoms with van der Waals surface area (Å²) in [4.78, 5) is 20.8. The Labute approximate surface area is 217 Å². The van der Waals surface area contributed by atoms with E-state index in [4.69, 9.17) is 0 Å². The summed E-state index contributed by atoms with van der Waals surface area (Å²) in [6.07, 6.45) is 3.33. The van der Waals surface area contributed by atoms with Crippen molar-refractivity contribution in [2.24, 2.45) is 5.92 Å². The van der Waals surface area contributed by atoms with Crippen LogP contribution < -0.4 is 5.32 Å². The Bertz CT molecular complexity index is 1270. The maximum absolute atomic E-state index is 12.9. The number of tetrazole rings is 1. The van der Waals surface area contributed by atoms with Crippen LogP contribution in [0.15, 0.2) is 48.5 Å². The molecular weight excluding hydrogens is 470 g/mol. The van der Waals surface area contributed by atoms with Gasteiger partial charge in [0.05, 0.1) is 5.69 Å². The van der Waals surface area contributed by atoms with E-state index in [2.05, 4.69) is 99.6 Å². The van der Waals surface area contributed by atoms with E-state index in [1.54, 1.807) is 0 Å². The van der Waals surface area contributed by atoms with Gasteiger partial charge in [0, 0.05) is 29.5 Å². The number of aromatic amines is 2. The molecule has 2 aromatic heterocycles. The average Bonchev–Trinajstić information content (AvgIpc) is 3.55. The standard InChI is InChI=1S/C27H33N7OS/c1-4-7-23-24(30-26(29-23)27(35)28-20(16-36)14-17(2)3)15-18-10-12-19(13-11-18)21-8-5-6-9-22(21)25-31-33-34-32-25/h5-6,8-13,17,20,36H,4,7,14-16H2,1-3H3,(H,28,35)(H,29,30)(H,31,32,33,34). The lowest BCUT2D eigenvalue weighted by Gasteiger charge is -2.17. The van der Waals surface area contributed by atoms with E-state index in [1.165, 1.54) is 0 Å². The zero-order valence-electron chi connectivity index (χ0n) is 21.0. The summed E-state index contributed by atoms with van der Waals surface area (Å²) in [6.45, 7) is 6.40. The Morgan fingerprint density at radius 2 is 1.83 bits per heavy atom. The Hall–Kier alpha value is -3.46. The van der Waals surface area contributed by atoms with Gasteiger partial charge in [-0.1, -0.05) is 75.7 Å². The number of nitrogens with one attached hydrogen (secondary N) is 3. The molecule has 1 amide bonds. The van der Waals surface area contributed by atoms with Gasteiger partial charge in [-0.05, 0) is 40.7 Å². The predicted molar refractivity (Wildman–Crippen MR) is 145 cm³/mol. The molecule has 2 heterocycles. The van der Waals surface area contributed by atoms with Crippen LogP contribution in [0.2, 0.25) is 0 Å². The predicted octanol–water partition coefficient (Wildman–Crippen LogP) is 4.87. The first-order valence-corrected chi connectivity index (χ1v) is 13.0. The first kappa shape index (κ1) is 25.6. The maximum Gasteiger partial charge on any atom is 0.287 e. The van der Waals surface area contributed by atoms with Crippen LogP contribution in [0.25, 0.3) is 22.5 Å². The summed E-state index contributed by atoms with van der Waals surface area (Å²) >= 11 is 4.40. The fraction of sp³-hybridized carbons (Fsp3) is 0.370. The molecule has 9 heteroatoms. The molecule has 0 spiro atoms. The molecule has 8 nitrogen and oxygen atoms in total. The van der Waals surface area contributed by atoms with E-state index >= 15 is 0 Å². The van der Waals surface area contributed by atoms with Crippen LogP contribution in [0.1, 0.15) is 61.2 Å². The average molecular weight is 504 g/mol. The molecule has 0 aliphatic rings. The monoisotopic (exact) mass is 503 g/mol. The lowest BCUT2D eigenvalue weighted by Crippen LogP contribution is -2.37. The molecule has 36 heavy (non-hydrogen) atoms. The number of amides is 1. The fourth-order valence-corrected chi connectivity index (χ4v) is 4.60. The van der Waals surface area contributed by atoms with Crippen molar-refractivity contribution in [2.45, 2.75) is 52.5 Å². The third-order valence-electron chi connectivity index (χ3n) is 6.04. The molecule has 0 saturated heterocycles. The molecule has 4 rings (SSSR count). The van der Waals surface area contributed by atoms with Crippen LogP contribution >= 0.6 is 12.6 Å². The lowest BCUT2D eigenvalue weighted by molar-refractivity contribution is 0.0927. The molecule has 0 fully saturated rings. The molecule has 0 bridgehead atoms. The highest BCUT2D eigenvalue weighted by molar-refractivity contribution is 7.80. The SMILES string of the molecule is CCCc1nc(C(=O)NC(CS)CC(C)C)[nH]c1Cc1ccc(-c2ccccc2-c2nn[nH]n2)cc1. The van der Waals surface area contributed by atoms with E-state index in [1.807, 2.05) is 18.2 Å². The number of carbonyl (C=O) groups excluding carboxylic acids is 1. The number of aryl methyl sites for hydroxylation is 1. The maximum atomic E-state index is 12.9. The number of H-pyrrole nitrogens is 2. The van der Waals surface area contributed by atoms with Crippen molar-refractivity contribution in [1.29, 1.82) is 0 Å². The highest BCUT2D eigenvalue weighted by atomic mass is 32.1. The minimum atomic E-state index is -0.174. The van der Waals surface area contributed by atoms with E-state index in [-0.39, 0.29) is 11.9 Å². The minimum absolute atomic E-state index is 0.0203. The number of hydrogen-bond acceptors (Lipinski definition) is 6. The van der Waals surface area contributed by atoms with Crippen LogP contribution in [0.5, 0.6) is 0 Å². The number of nitrogens with zero attached hydrogens (tertiary/aromatic N) is 4. The summed E-state index contributed by atoms with van der Waals surface area (Å²) in [6, 6.07) is 16.4. The smallest absolute Gasteiger partial charge is 0.287 e. The van der Waals surface area contributed by atoms with E-state index in [0.29, 0.717) is 29.7 Å². The van der Waals surface area contributed by atoms with Crippen molar-refractivity contribution in [2.75, 3.05) is 5.75 Å². The number of thiol groups is 1. The minimum Gasteiger partial charge on any atom is -0.346 e. The summed E-state index contributed by atoms with van der Waals surface area (Å²) in [5, 5.41) is 17.5. The lowest BCUT2D eigenvalue weighted by atomic mass is 9.97. The van der Waals surface area contributed by atoms with Crippen molar-refractivity contribution in [3.05, 3.63) is 71.3 Å². The van der Waals surface area contributed by atoms with E-state index in [0.717, 1.165) is 52.9 Å². The van der Waals surface area contributed by atoms with Gasteiger partial charge < -0.3 is 10.3 Å². The topological polar surface area (TPSA) is 112 Å². The molecule has 2 aromatic carbocycles. The number of benzene rings is 2. The highest BCUT2D eigenvalue weighted by Crippen LogP contribution is 2.30. The van der Waals surface area contributed by atoms with Crippen molar-refractivity contribution >= 4 is 18.5 Å². The van der Waals surface area contributed by atoms with Crippen molar-refractivity contribution < 1.29 is 4.79 Å². The molecule has 188 valence electrons. The number of aromatic nitrogens is 6. The van der Waals surface area contributed by atoms with Gasteiger partial charge in [0.15, 0.2) is 5.82 Å². The zero-order valence-corrected chi connectivity index (χ0v) is 21.8. The number of carbonyl (C=O) groups is 1. The quantitative estimate of drug-likeness (QED) is 0.218. The molecule has 0 radical (unpaired) electrons. The summed E-state index contributed by atoms with van der Waals surface area (Å²) < 4.78 is 0. The van der Waals surface area contributed by atoms with Crippen LogP contribution in [0, 0.1) is 5.92 Å². The summed E-state index contributed by atoms with van der Waals surface area (Å²) in [7, 11) is 0. The normalized spacial score (nSPS) is 12.1. The first-order valence-electron chi connectivity index (χ1n) is 12.4. The third kappa shape index (κ3) is 6.20. The van der Waals surface area contributed by atoms with Crippen LogP contribution in [-0.4, -0.2) is 48.3 Å². The molecule has 0 saturated carbocycles. The molecule has 3 N–H and O–H groups in total. The van der Waals surface area contributed by atoms with Gasteiger partial charge in [-0.25, -0.2) is 4.98 Å². The Morgan fingerprint density at radius 1 is 1.08 bits per heavy atom. The molecule has 0 aliphatic heterocycles. The third-order valence-corrected chi connectivity index (χ3v) is 6.48. The van der Waals surface area contributed by atoms with Gasteiger partial charge in [0.25, 0.3) is 5.91 Å². The summed E-state index contributed by atoms with van der Waals surface area (Å²) in [5.74, 6) is 1.84. The van der Waals surface area contributed by atoms with Gasteiger partial charge in [-0.3, -0.25) is 4.79 Å². The van der Waals surface area contributed by atoms with E-state index < -0.39 is 0 Å². The first-order chi connectivity index (χ1) is 17.5. The largest absolute Gasteiger partial charge is 0.346 e. The van der Waals surface area contributed by atoms with Crippen molar-refractivity contribution in [3.63, 3.8) is 0 Å². The number of imidazole rings is 1.